The number of rotatable bonds is 4. The second kappa shape index (κ2) is 4.62. The molecule has 2 fully saturated rings. The lowest BCUT2D eigenvalue weighted by molar-refractivity contribution is -0.156. The first-order valence-electron chi connectivity index (χ1n) is 6.72. The summed E-state index contributed by atoms with van der Waals surface area (Å²) >= 11 is 3.73. The lowest BCUT2D eigenvalue weighted by atomic mass is 9.49. The maximum absolute atomic E-state index is 5.63. The molecular formula is C15H20BrNO. The zero-order valence-electron chi connectivity index (χ0n) is 10.8. The second-order valence-corrected chi connectivity index (χ2v) is 6.57. The van der Waals surface area contributed by atoms with E-state index in [-0.39, 0.29) is 5.41 Å². The van der Waals surface area contributed by atoms with E-state index in [1.807, 2.05) is 0 Å². The molecular weight excluding hydrogens is 290 g/mol. The summed E-state index contributed by atoms with van der Waals surface area (Å²) in [5, 5.41) is 3.40. The summed E-state index contributed by atoms with van der Waals surface area (Å²) < 4.78 is 6.86. The van der Waals surface area contributed by atoms with Gasteiger partial charge in [0.15, 0.2) is 0 Å². The first kappa shape index (κ1) is 12.6. The summed E-state index contributed by atoms with van der Waals surface area (Å²) in [5.41, 5.74) is 2.05. The van der Waals surface area contributed by atoms with E-state index in [9.17, 15) is 0 Å². The predicted molar refractivity (Wildman–Crippen MR) is 76.8 cm³/mol. The zero-order valence-corrected chi connectivity index (χ0v) is 12.4. The van der Waals surface area contributed by atoms with E-state index in [0.717, 1.165) is 19.8 Å². The van der Waals surface area contributed by atoms with Gasteiger partial charge in [0, 0.05) is 16.4 Å². The van der Waals surface area contributed by atoms with Crippen molar-refractivity contribution >= 4 is 15.9 Å². The van der Waals surface area contributed by atoms with Gasteiger partial charge >= 0.3 is 0 Å². The summed E-state index contributed by atoms with van der Waals surface area (Å²) in [6.45, 7) is 2.84. The van der Waals surface area contributed by atoms with Crippen molar-refractivity contribution in [3.8, 4) is 0 Å². The summed E-state index contributed by atoms with van der Waals surface area (Å²) in [5.74, 6) is 0. The molecule has 0 bridgehead atoms. The fraction of sp³-hybridized carbons (Fsp3) is 0.600. The van der Waals surface area contributed by atoms with E-state index >= 15 is 0 Å². The number of halogens is 1. The average molecular weight is 310 g/mol. The Hall–Kier alpha value is -0.380. The molecule has 0 radical (unpaired) electrons. The third-order valence-corrected chi connectivity index (χ3v) is 5.62. The second-order valence-electron chi connectivity index (χ2n) is 5.72. The largest absolute Gasteiger partial charge is 0.379 e. The number of ether oxygens (including phenoxy) is 1. The SMILES string of the molecule is CNCC1(C2(c3ccccc3Br)COC2)CCC1. The molecule has 0 spiro atoms. The molecule has 1 saturated carbocycles. The monoisotopic (exact) mass is 309 g/mol. The molecule has 1 heterocycles. The summed E-state index contributed by atoms with van der Waals surface area (Å²) in [7, 11) is 2.06. The van der Waals surface area contributed by atoms with Crippen molar-refractivity contribution < 1.29 is 4.74 Å². The quantitative estimate of drug-likeness (QED) is 0.923. The maximum Gasteiger partial charge on any atom is 0.0591 e. The molecule has 2 aliphatic rings. The highest BCUT2D eigenvalue weighted by molar-refractivity contribution is 9.10. The van der Waals surface area contributed by atoms with Gasteiger partial charge in [0.05, 0.1) is 13.2 Å². The van der Waals surface area contributed by atoms with Crippen molar-refractivity contribution in [3.63, 3.8) is 0 Å². The molecule has 0 aromatic heterocycles. The highest BCUT2D eigenvalue weighted by atomic mass is 79.9. The Morgan fingerprint density at radius 2 is 2.00 bits per heavy atom. The van der Waals surface area contributed by atoms with Crippen LogP contribution in [-0.2, 0) is 10.2 Å². The Morgan fingerprint density at radius 3 is 2.44 bits per heavy atom. The molecule has 3 rings (SSSR count). The van der Waals surface area contributed by atoms with E-state index in [1.54, 1.807) is 0 Å². The van der Waals surface area contributed by atoms with Gasteiger partial charge in [0.25, 0.3) is 0 Å². The van der Waals surface area contributed by atoms with Gasteiger partial charge in [-0.15, -0.1) is 0 Å². The molecule has 0 atom stereocenters. The maximum atomic E-state index is 5.63. The highest BCUT2D eigenvalue weighted by Gasteiger charge is 2.59. The number of nitrogens with one attached hydrogen (secondary N) is 1. The fourth-order valence-electron chi connectivity index (χ4n) is 3.67. The topological polar surface area (TPSA) is 21.3 Å². The Kier molecular flexibility index (Phi) is 3.25. The van der Waals surface area contributed by atoms with Crippen LogP contribution in [0.1, 0.15) is 24.8 Å². The van der Waals surface area contributed by atoms with Gasteiger partial charge in [-0.05, 0) is 36.9 Å². The Morgan fingerprint density at radius 1 is 1.28 bits per heavy atom. The van der Waals surface area contributed by atoms with Crippen LogP contribution < -0.4 is 5.32 Å². The van der Waals surface area contributed by atoms with Gasteiger partial charge < -0.3 is 10.1 Å². The van der Waals surface area contributed by atoms with Crippen LogP contribution in [0.15, 0.2) is 28.7 Å². The van der Waals surface area contributed by atoms with Gasteiger partial charge in [0.1, 0.15) is 0 Å². The summed E-state index contributed by atoms with van der Waals surface area (Å²) in [6.07, 6.45) is 3.99. The third kappa shape index (κ3) is 1.60. The van der Waals surface area contributed by atoms with Crippen molar-refractivity contribution in [3.05, 3.63) is 34.3 Å². The van der Waals surface area contributed by atoms with Gasteiger partial charge in [-0.3, -0.25) is 0 Å². The molecule has 98 valence electrons. The van der Waals surface area contributed by atoms with E-state index in [2.05, 4.69) is 52.6 Å². The fourth-order valence-corrected chi connectivity index (χ4v) is 4.33. The number of benzene rings is 1. The minimum atomic E-state index is 0.217. The van der Waals surface area contributed by atoms with E-state index in [0.29, 0.717) is 5.41 Å². The van der Waals surface area contributed by atoms with Crippen LogP contribution in [0.25, 0.3) is 0 Å². The van der Waals surface area contributed by atoms with Crippen molar-refractivity contribution in [1.29, 1.82) is 0 Å². The zero-order chi connectivity index (χ0) is 12.6. The van der Waals surface area contributed by atoms with Crippen LogP contribution in [0.5, 0.6) is 0 Å². The van der Waals surface area contributed by atoms with Crippen LogP contribution in [0.4, 0.5) is 0 Å². The average Bonchev–Trinajstić information content (AvgIpc) is 2.26. The third-order valence-electron chi connectivity index (χ3n) is 4.93. The first-order valence-corrected chi connectivity index (χ1v) is 7.51. The van der Waals surface area contributed by atoms with Gasteiger partial charge in [0.2, 0.25) is 0 Å². The van der Waals surface area contributed by atoms with E-state index in [4.69, 9.17) is 4.74 Å². The summed E-state index contributed by atoms with van der Waals surface area (Å²) in [4.78, 5) is 0. The van der Waals surface area contributed by atoms with Crippen LogP contribution in [0.2, 0.25) is 0 Å². The standard InChI is InChI=1S/C15H20BrNO/c1-17-9-14(7-4-8-14)15(10-18-11-15)12-5-2-3-6-13(12)16/h2-3,5-6,17H,4,7-11H2,1H3. The van der Waals surface area contributed by atoms with Crippen LogP contribution in [0.3, 0.4) is 0 Å². The Balaban J connectivity index is 2.02. The smallest absolute Gasteiger partial charge is 0.0591 e. The first-order chi connectivity index (χ1) is 8.74. The molecule has 2 nitrogen and oxygen atoms in total. The predicted octanol–water partition coefficient (Wildman–Crippen LogP) is 3.11. The van der Waals surface area contributed by atoms with E-state index in [1.165, 1.54) is 29.3 Å². The van der Waals surface area contributed by atoms with Crippen molar-refractivity contribution in [2.75, 3.05) is 26.8 Å². The molecule has 1 aliphatic carbocycles. The van der Waals surface area contributed by atoms with Crippen molar-refractivity contribution in [2.24, 2.45) is 5.41 Å². The lowest BCUT2D eigenvalue weighted by Gasteiger charge is -2.60. The molecule has 0 unspecified atom stereocenters. The minimum absolute atomic E-state index is 0.217. The molecule has 1 aliphatic heterocycles. The lowest BCUT2D eigenvalue weighted by Crippen LogP contribution is -2.64. The molecule has 1 aromatic rings. The molecule has 1 N–H and O–H groups in total. The Bertz CT molecular complexity index is 438. The molecule has 18 heavy (non-hydrogen) atoms. The Labute approximate surface area is 117 Å². The molecule has 3 heteroatoms. The van der Waals surface area contributed by atoms with Crippen molar-refractivity contribution in [1.82, 2.24) is 5.32 Å². The van der Waals surface area contributed by atoms with Crippen LogP contribution >= 0.6 is 15.9 Å². The van der Waals surface area contributed by atoms with Gasteiger partial charge in [-0.25, -0.2) is 0 Å². The summed E-state index contributed by atoms with van der Waals surface area (Å²) in [6, 6.07) is 8.65. The minimum Gasteiger partial charge on any atom is -0.379 e. The van der Waals surface area contributed by atoms with E-state index < -0.39 is 0 Å². The normalized spacial score (nSPS) is 24.1. The van der Waals surface area contributed by atoms with Gasteiger partial charge in [-0.1, -0.05) is 40.5 Å². The van der Waals surface area contributed by atoms with Crippen LogP contribution in [0, 0.1) is 5.41 Å². The molecule has 1 saturated heterocycles. The number of hydrogen-bond donors (Lipinski definition) is 1. The molecule has 1 aromatic carbocycles. The van der Waals surface area contributed by atoms with Crippen LogP contribution in [-0.4, -0.2) is 26.8 Å². The van der Waals surface area contributed by atoms with Crippen molar-refractivity contribution in [2.45, 2.75) is 24.7 Å². The number of hydrogen-bond acceptors (Lipinski definition) is 2. The van der Waals surface area contributed by atoms with Gasteiger partial charge in [-0.2, -0.15) is 0 Å². The molecule has 0 amide bonds. The highest BCUT2D eigenvalue weighted by Crippen LogP contribution is 2.59.